The average molecular weight is 361 g/mol. The number of carbonyl (C=O) groups is 2. The second-order valence-electron chi connectivity index (χ2n) is 7.90. The van der Waals surface area contributed by atoms with Gasteiger partial charge in [-0.25, -0.2) is 0 Å². The van der Waals surface area contributed by atoms with Crippen molar-refractivity contribution in [2.75, 3.05) is 13.1 Å². The van der Waals surface area contributed by atoms with Crippen molar-refractivity contribution in [3.63, 3.8) is 0 Å². The SMILES string of the molecule is CC(C)CNC(=O)c1cn(C(C)C)cc(C(=O)N2CCCCC2C)c1=O. The van der Waals surface area contributed by atoms with Crippen LogP contribution in [0.4, 0.5) is 0 Å². The van der Waals surface area contributed by atoms with E-state index in [1.54, 1.807) is 21.9 Å². The lowest BCUT2D eigenvalue weighted by Crippen LogP contribution is -2.44. The van der Waals surface area contributed by atoms with Crippen molar-refractivity contribution in [2.24, 2.45) is 5.92 Å². The monoisotopic (exact) mass is 361 g/mol. The topological polar surface area (TPSA) is 71.4 Å². The van der Waals surface area contributed by atoms with Crippen molar-refractivity contribution >= 4 is 11.8 Å². The molecule has 1 fully saturated rings. The van der Waals surface area contributed by atoms with E-state index in [0.29, 0.717) is 13.1 Å². The summed E-state index contributed by atoms with van der Waals surface area (Å²) in [4.78, 5) is 40.2. The lowest BCUT2D eigenvalue weighted by molar-refractivity contribution is 0.0633. The molecule has 1 N–H and O–H groups in total. The van der Waals surface area contributed by atoms with Gasteiger partial charge < -0.3 is 14.8 Å². The summed E-state index contributed by atoms with van der Waals surface area (Å²) in [6.07, 6.45) is 6.13. The average Bonchev–Trinajstić information content (AvgIpc) is 2.59. The van der Waals surface area contributed by atoms with Crippen LogP contribution in [0.5, 0.6) is 0 Å². The minimum absolute atomic E-state index is 0.0369. The van der Waals surface area contributed by atoms with Gasteiger partial charge in [-0.2, -0.15) is 0 Å². The van der Waals surface area contributed by atoms with E-state index in [1.165, 1.54) is 0 Å². The highest BCUT2D eigenvalue weighted by Crippen LogP contribution is 2.19. The van der Waals surface area contributed by atoms with Crippen molar-refractivity contribution < 1.29 is 9.59 Å². The van der Waals surface area contributed by atoms with E-state index >= 15 is 0 Å². The molecule has 1 aliphatic rings. The minimum atomic E-state index is -0.481. The number of pyridine rings is 1. The zero-order valence-corrected chi connectivity index (χ0v) is 16.5. The molecule has 0 aliphatic carbocycles. The zero-order valence-electron chi connectivity index (χ0n) is 16.5. The van der Waals surface area contributed by atoms with Gasteiger partial charge >= 0.3 is 0 Å². The largest absolute Gasteiger partial charge is 0.352 e. The van der Waals surface area contributed by atoms with E-state index in [2.05, 4.69) is 5.32 Å². The predicted octanol–water partition coefficient (Wildman–Crippen LogP) is 2.83. The summed E-state index contributed by atoms with van der Waals surface area (Å²) in [5.74, 6) is -0.403. The van der Waals surface area contributed by atoms with Gasteiger partial charge in [-0.1, -0.05) is 13.8 Å². The van der Waals surface area contributed by atoms with Gasteiger partial charge in [-0.05, 0) is 46.0 Å². The first-order chi connectivity index (χ1) is 12.2. The fourth-order valence-electron chi connectivity index (χ4n) is 3.16. The summed E-state index contributed by atoms with van der Waals surface area (Å²) in [6.45, 7) is 11.0. The van der Waals surface area contributed by atoms with Crippen molar-refractivity contribution in [1.82, 2.24) is 14.8 Å². The van der Waals surface area contributed by atoms with Crippen LogP contribution in [0.1, 0.15) is 80.6 Å². The highest BCUT2D eigenvalue weighted by molar-refractivity contribution is 5.99. The maximum atomic E-state index is 13.0. The molecule has 1 unspecified atom stereocenters. The smallest absolute Gasteiger partial charge is 0.259 e. The Bertz CT molecular complexity index is 722. The maximum absolute atomic E-state index is 13.0. The molecule has 6 nitrogen and oxygen atoms in total. The number of nitrogens with zero attached hydrogens (tertiary/aromatic N) is 2. The first kappa shape index (κ1) is 20.2. The highest BCUT2D eigenvalue weighted by Gasteiger charge is 2.28. The van der Waals surface area contributed by atoms with Crippen LogP contribution >= 0.6 is 0 Å². The van der Waals surface area contributed by atoms with Gasteiger partial charge in [0.25, 0.3) is 11.8 Å². The van der Waals surface area contributed by atoms with E-state index in [9.17, 15) is 14.4 Å². The molecular formula is C20H31N3O3. The Morgan fingerprint density at radius 2 is 1.81 bits per heavy atom. The van der Waals surface area contributed by atoms with Gasteiger partial charge in [0.1, 0.15) is 11.1 Å². The van der Waals surface area contributed by atoms with Crippen LogP contribution in [0, 0.1) is 5.92 Å². The van der Waals surface area contributed by atoms with Gasteiger partial charge in [0.05, 0.1) is 0 Å². The summed E-state index contributed by atoms with van der Waals surface area (Å²) in [5.41, 5.74) is -0.356. The summed E-state index contributed by atoms with van der Waals surface area (Å²) < 4.78 is 1.77. The van der Waals surface area contributed by atoms with Crippen LogP contribution in [0.2, 0.25) is 0 Å². The Hall–Kier alpha value is -2.11. The maximum Gasteiger partial charge on any atom is 0.259 e. The Morgan fingerprint density at radius 3 is 2.38 bits per heavy atom. The molecule has 0 spiro atoms. The Labute approximate surface area is 155 Å². The number of hydrogen-bond donors (Lipinski definition) is 1. The summed E-state index contributed by atoms with van der Waals surface area (Å²) in [7, 11) is 0. The fraction of sp³-hybridized carbons (Fsp3) is 0.650. The first-order valence-corrected chi connectivity index (χ1v) is 9.57. The highest BCUT2D eigenvalue weighted by atomic mass is 16.2. The third kappa shape index (κ3) is 4.54. The van der Waals surface area contributed by atoms with E-state index < -0.39 is 11.3 Å². The van der Waals surface area contributed by atoms with Crippen molar-refractivity contribution in [3.8, 4) is 0 Å². The number of rotatable bonds is 5. The molecule has 1 aromatic rings. The second kappa shape index (κ2) is 8.52. The quantitative estimate of drug-likeness (QED) is 0.876. The third-order valence-corrected chi connectivity index (χ3v) is 4.85. The Balaban J connectivity index is 2.43. The molecular weight excluding hydrogens is 330 g/mol. The predicted molar refractivity (Wildman–Crippen MR) is 103 cm³/mol. The van der Waals surface area contributed by atoms with Crippen LogP contribution < -0.4 is 10.7 Å². The Kier molecular flexibility index (Phi) is 6.62. The molecule has 0 aromatic carbocycles. The minimum Gasteiger partial charge on any atom is -0.352 e. The molecule has 0 radical (unpaired) electrons. The van der Waals surface area contributed by atoms with Crippen LogP contribution in [0.15, 0.2) is 17.2 Å². The molecule has 1 aromatic heterocycles. The van der Waals surface area contributed by atoms with E-state index in [4.69, 9.17) is 0 Å². The number of likely N-dealkylation sites (tertiary alicyclic amines) is 1. The zero-order chi connectivity index (χ0) is 19.4. The van der Waals surface area contributed by atoms with E-state index in [-0.39, 0.29) is 35.0 Å². The van der Waals surface area contributed by atoms with E-state index in [1.807, 2.05) is 34.6 Å². The molecule has 144 valence electrons. The first-order valence-electron chi connectivity index (χ1n) is 9.57. The molecule has 26 heavy (non-hydrogen) atoms. The molecule has 1 atom stereocenters. The standard InChI is InChI=1S/C20H31N3O3/c1-13(2)10-21-19(25)16-11-22(14(3)4)12-17(18(16)24)20(26)23-9-7-6-8-15(23)5/h11-15H,6-10H2,1-5H3,(H,21,25). The number of amides is 2. The normalized spacial score (nSPS) is 17.7. The molecule has 2 amide bonds. The molecule has 2 rings (SSSR count). The van der Waals surface area contributed by atoms with Crippen molar-refractivity contribution in [2.45, 2.75) is 66.0 Å². The van der Waals surface area contributed by atoms with Crippen LogP contribution in [0.25, 0.3) is 0 Å². The van der Waals surface area contributed by atoms with Gasteiger partial charge in [0.15, 0.2) is 0 Å². The summed E-state index contributed by atoms with van der Waals surface area (Å²) in [5, 5.41) is 2.78. The third-order valence-electron chi connectivity index (χ3n) is 4.85. The number of nitrogens with one attached hydrogen (secondary N) is 1. The number of carbonyl (C=O) groups excluding carboxylic acids is 2. The van der Waals surface area contributed by atoms with Gasteiger partial charge in [-0.3, -0.25) is 14.4 Å². The molecule has 1 aliphatic heterocycles. The molecule has 2 heterocycles. The van der Waals surface area contributed by atoms with Gasteiger partial charge in [0.2, 0.25) is 5.43 Å². The summed E-state index contributed by atoms with van der Waals surface area (Å²) >= 11 is 0. The Morgan fingerprint density at radius 1 is 1.15 bits per heavy atom. The van der Waals surface area contributed by atoms with Crippen molar-refractivity contribution in [3.05, 3.63) is 33.7 Å². The number of piperidine rings is 1. The van der Waals surface area contributed by atoms with Crippen LogP contribution in [-0.2, 0) is 0 Å². The van der Waals surface area contributed by atoms with Gasteiger partial charge in [0, 0.05) is 37.6 Å². The number of hydrogen-bond acceptors (Lipinski definition) is 3. The fourth-order valence-corrected chi connectivity index (χ4v) is 3.16. The lowest BCUT2D eigenvalue weighted by atomic mass is 10.0. The second-order valence-corrected chi connectivity index (χ2v) is 7.90. The van der Waals surface area contributed by atoms with E-state index in [0.717, 1.165) is 19.3 Å². The van der Waals surface area contributed by atoms with Crippen molar-refractivity contribution in [1.29, 1.82) is 0 Å². The van der Waals surface area contributed by atoms with Crippen LogP contribution in [-0.4, -0.2) is 40.4 Å². The summed E-state index contributed by atoms with van der Waals surface area (Å²) in [6, 6.07) is 0.152. The molecule has 6 heteroatoms. The van der Waals surface area contributed by atoms with Crippen LogP contribution in [0.3, 0.4) is 0 Å². The molecule has 0 bridgehead atoms. The molecule has 1 saturated heterocycles. The lowest BCUT2D eigenvalue weighted by Gasteiger charge is -2.33. The van der Waals surface area contributed by atoms with Gasteiger partial charge in [-0.15, -0.1) is 0 Å². The number of aromatic nitrogens is 1. The molecule has 0 saturated carbocycles.